The van der Waals surface area contributed by atoms with E-state index in [9.17, 15) is 9.59 Å². The molecule has 0 heterocycles. The van der Waals surface area contributed by atoms with Gasteiger partial charge in [0, 0.05) is 12.0 Å². The number of carbonyl (C=O) groups excluding carboxylic acids is 1. The van der Waals surface area contributed by atoms with Crippen LogP contribution in [0.3, 0.4) is 0 Å². The van der Waals surface area contributed by atoms with E-state index >= 15 is 0 Å². The van der Waals surface area contributed by atoms with E-state index in [1.165, 1.54) is 19.2 Å². The van der Waals surface area contributed by atoms with Crippen molar-refractivity contribution < 1.29 is 19.4 Å². The molecule has 0 aliphatic carbocycles. The molecule has 86 valence electrons. The maximum Gasteiger partial charge on any atom is 0.303 e. The Morgan fingerprint density at radius 1 is 1.38 bits per heavy atom. The Balaban J connectivity index is 2.79. The van der Waals surface area contributed by atoms with Gasteiger partial charge in [0.05, 0.1) is 18.6 Å². The van der Waals surface area contributed by atoms with Gasteiger partial charge < -0.3 is 9.84 Å². The molecule has 5 heteroatoms. The van der Waals surface area contributed by atoms with Gasteiger partial charge in [0.1, 0.15) is 5.75 Å². The summed E-state index contributed by atoms with van der Waals surface area (Å²) in [6.45, 7) is 0. The smallest absolute Gasteiger partial charge is 0.303 e. The molecule has 0 saturated heterocycles. The van der Waals surface area contributed by atoms with Crippen LogP contribution in [-0.2, 0) is 4.79 Å². The highest BCUT2D eigenvalue weighted by molar-refractivity contribution is 6.34. The molecule has 16 heavy (non-hydrogen) atoms. The summed E-state index contributed by atoms with van der Waals surface area (Å²) < 4.78 is 4.94. The molecule has 0 bridgehead atoms. The third-order valence-corrected chi connectivity index (χ3v) is 2.36. The molecular weight excluding hydrogens is 232 g/mol. The Hall–Kier alpha value is -1.55. The quantitative estimate of drug-likeness (QED) is 0.806. The van der Waals surface area contributed by atoms with E-state index in [0.29, 0.717) is 11.3 Å². The van der Waals surface area contributed by atoms with Gasteiger partial charge in [-0.25, -0.2) is 0 Å². The summed E-state index contributed by atoms with van der Waals surface area (Å²) in [5.74, 6) is -0.729. The maximum atomic E-state index is 11.6. The molecule has 0 radical (unpaired) electrons. The van der Waals surface area contributed by atoms with Crippen LogP contribution < -0.4 is 4.74 Å². The highest BCUT2D eigenvalue weighted by Gasteiger charge is 2.12. The monoisotopic (exact) mass is 242 g/mol. The van der Waals surface area contributed by atoms with Gasteiger partial charge in [0.25, 0.3) is 0 Å². The van der Waals surface area contributed by atoms with Crippen LogP contribution in [0.2, 0.25) is 5.02 Å². The summed E-state index contributed by atoms with van der Waals surface area (Å²) in [6.07, 6.45) is -0.247. The van der Waals surface area contributed by atoms with E-state index in [0.717, 1.165) is 0 Å². The largest absolute Gasteiger partial charge is 0.497 e. The zero-order valence-electron chi connectivity index (χ0n) is 8.70. The number of rotatable bonds is 5. The van der Waals surface area contributed by atoms with E-state index in [1.807, 2.05) is 0 Å². The summed E-state index contributed by atoms with van der Waals surface area (Å²) >= 11 is 5.87. The Kier molecular flexibility index (Phi) is 4.31. The number of benzene rings is 1. The second-order valence-electron chi connectivity index (χ2n) is 3.16. The molecule has 0 spiro atoms. The van der Waals surface area contributed by atoms with Crippen LogP contribution in [0, 0.1) is 0 Å². The fraction of sp³-hybridized carbons (Fsp3) is 0.273. The molecule has 0 amide bonds. The fourth-order valence-corrected chi connectivity index (χ4v) is 1.48. The first kappa shape index (κ1) is 12.5. The lowest BCUT2D eigenvalue weighted by Gasteiger charge is -2.05. The molecule has 4 nitrogen and oxygen atoms in total. The van der Waals surface area contributed by atoms with E-state index in [1.54, 1.807) is 6.07 Å². The van der Waals surface area contributed by atoms with Crippen LogP contribution >= 0.6 is 11.6 Å². The summed E-state index contributed by atoms with van der Waals surface area (Å²) in [7, 11) is 1.50. The number of halogens is 1. The Morgan fingerprint density at radius 3 is 2.56 bits per heavy atom. The van der Waals surface area contributed by atoms with Crippen molar-refractivity contribution in [1.82, 2.24) is 0 Å². The average Bonchev–Trinajstić information content (AvgIpc) is 2.25. The van der Waals surface area contributed by atoms with Gasteiger partial charge in [-0.2, -0.15) is 0 Å². The topological polar surface area (TPSA) is 63.6 Å². The molecule has 0 saturated carbocycles. The van der Waals surface area contributed by atoms with Crippen LogP contribution in [0.4, 0.5) is 0 Å². The predicted molar refractivity (Wildman–Crippen MR) is 59.2 cm³/mol. The maximum absolute atomic E-state index is 11.6. The molecule has 1 N–H and O–H groups in total. The summed E-state index contributed by atoms with van der Waals surface area (Å²) in [5.41, 5.74) is 0.323. The van der Waals surface area contributed by atoms with Crippen molar-refractivity contribution in [1.29, 1.82) is 0 Å². The van der Waals surface area contributed by atoms with Gasteiger partial charge in [-0.15, -0.1) is 0 Å². The molecular formula is C11H11ClO4. The molecule has 0 aliphatic rings. The molecule has 1 aromatic rings. The van der Waals surface area contributed by atoms with E-state index in [-0.39, 0.29) is 23.6 Å². The third-order valence-electron chi connectivity index (χ3n) is 2.04. The number of carboxylic acids is 1. The normalized spacial score (nSPS) is 9.88. The van der Waals surface area contributed by atoms with Crippen LogP contribution in [-0.4, -0.2) is 24.0 Å². The van der Waals surface area contributed by atoms with E-state index < -0.39 is 5.97 Å². The van der Waals surface area contributed by atoms with Crippen molar-refractivity contribution in [3.63, 3.8) is 0 Å². The fourth-order valence-electron chi connectivity index (χ4n) is 1.20. The van der Waals surface area contributed by atoms with Crippen molar-refractivity contribution in [3.8, 4) is 5.75 Å². The summed E-state index contributed by atoms with van der Waals surface area (Å²) in [6, 6.07) is 4.67. The van der Waals surface area contributed by atoms with Gasteiger partial charge in [0.2, 0.25) is 0 Å². The van der Waals surface area contributed by atoms with Crippen molar-refractivity contribution in [2.75, 3.05) is 7.11 Å². The molecule has 1 rings (SSSR count). The SMILES string of the molecule is COc1ccc(C(=O)CCC(=O)O)c(Cl)c1. The van der Waals surface area contributed by atoms with Crippen molar-refractivity contribution in [2.45, 2.75) is 12.8 Å². The van der Waals surface area contributed by atoms with Gasteiger partial charge in [-0.3, -0.25) is 9.59 Å². The lowest BCUT2D eigenvalue weighted by Crippen LogP contribution is -2.04. The van der Waals surface area contributed by atoms with Crippen molar-refractivity contribution in [3.05, 3.63) is 28.8 Å². The van der Waals surface area contributed by atoms with Crippen LogP contribution in [0.25, 0.3) is 0 Å². The van der Waals surface area contributed by atoms with Crippen molar-refractivity contribution in [2.24, 2.45) is 0 Å². The van der Waals surface area contributed by atoms with Crippen molar-refractivity contribution >= 4 is 23.4 Å². The first-order valence-electron chi connectivity index (χ1n) is 4.63. The molecule has 0 atom stereocenters. The number of carboxylic acid groups (broad SMARTS) is 1. The second kappa shape index (κ2) is 5.51. The number of ketones is 1. The van der Waals surface area contributed by atoms with E-state index in [2.05, 4.69) is 0 Å². The Bertz CT molecular complexity index is 414. The van der Waals surface area contributed by atoms with Crippen LogP contribution in [0.1, 0.15) is 23.2 Å². The molecule has 0 aromatic heterocycles. The van der Waals surface area contributed by atoms with E-state index in [4.69, 9.17) is 21.4 Å². The number of carbonyl (C=O) groups is 2. The molecule has 0 aliphatic heterocycles. The van der Waals surface area contributed by atoms with Gasteiger partial charge in [-0.05, 0) is 18.2 Å². The highest BCUT2D eigenvalue weighted by atomic mass is 35.5. The van der Waals surface area contributed by atoms with Gasteiger partial charge in [0.15, 0.2) is 5.78 Å². The number of methoxy groups -OCH3 is 1. The number of ether oxygens (including phenoxy) is 1. The second-order valence-corrected chi connectivity index (χ2v) is 3.57. The lowest BCUT2D eigenvalue weighted by molar-refractivity contribution is -0.136. The Morgan fingerprint density at radius 2 is 2.06 bits per heavy atom. The summed E-state index contributed by atoms with van der Waals surface area (Å²) in [4.78, 5) is 21.9. The zero-order chi connectivity index (χ0) is 12.1. The number of hydrogen-bond donors (Lipinski definition) is 1. The number of hydrogen-bond acceptors (Lipinski definition) is 3. The predicted octanol–water partition coefficient (Wildman–Crippen LogP) is 2.40. The lowest BCUT2D eigenvalue weighted by atomic mass is 10.1. The number of aliphatic carboxylic acids is 1. The first-order valence-corrected chi connectivity index (χ1v) is 5.01. The first-order chi connectivity index (χ1) is 7.54. The summed E-state index contributed by atoms with van der Waals surface area (Å²) in [5, 5.41) is 8.73. The van der Waals surface area contributed by atoms with Gasteiger partial charge >= 0.3 is 5.97 Å². The Labute approximate surface area is 97.8 Å². The van der Waals surface area contributed by atoms with Gasteiger partial charge in [-0.1, -0.05) is 11.6 Å². The number of Topliss-reactive ketones (excluding diaryl/α,β-unsaturated/α-hetero) is 1. The third kappa shape index (κ3) is 3.24. The minimum atomic E-state index is -1.00. The zero-order valence-corrected chi connectivity index (χ0v) is 9.45. The minimum absolute atomic E-state index is 0.0542. The highest BCUT2D eigenvalue weighted by Crippen LogP contribution is 2.23. The molecule has 0 unspecified atom stereocenters. The molecule has 0 fully saturated rings. The standard InChI is InChI=1S/C11H11ClO4/c1-16-7-2-3-8(9(12)6-7)10(13)4-5-11(14)15/h2-3,6H,4-5H2,1H3,(H,14,15). The molecule has 1 aromatic carbocycles. The average molecular weight is 243 g/mol. The van der Waals surface area contributed by atoms with Crippen LogP contribution in [0.5, 0.6) is 5.75 Å². The minimum Gasteiger partial charge on any atom is -0.497 e. The van der Waals surface area contributed by atoms with Crippen LogP contribution in [0.15, 0.2) is 18.2 Å².